The van der Waals surface area contributed by atoms with E-state index >= 15 is 0 Å². The van der Waals surface area contributed by atoms with Crippen LogP contribution in [-0.4, -0.2) is 39.0 Å². The van der Waals surface area contributed by atoms with Crippen molar-refractivity contribution < 1.29 is 12.8 Å². The highest BCUT2D eigenvalue weighted by Gasteiger charge is 2.19. The van der Waals surface area contributed by atoms with Gasteiger partial charge in [-0.2, -0.15) is 0 Å². The van der Waals surface area contributed by atoms with E-state index in [1.54, 1.807) is 6.07 Å². The zero-order valence-electron chi connectivity index (χ0n) is 12.4. The second-order valence-electron chi connectivity index (χ2n) is 5.77. The summed E-state index contributed by atoms with van der Waals surface area (Å²) in [7, 11) is -3.44. The molecule has 0 bridgehead atoms. The number of hydrogen-bond donors (Lipinski definition) is 1. The smallest absolute Gasteiger partial charge is 0.216 e. The lowest BCUT2D eigenvalue weighted by atomic mass is 10.1. The molecule has 4 nitrogen and oxygen atoms in total. The molecule has 0 spiro atoms. The van der Waals surface area contributed by atoms with E-state index in [0.29, 0.717) is 5.56 Å². The molecule has 1 atom stereocenters. The van der Waals surface area contributed by atoms with Crippen LogP contribution in [0.2, 0.25) is 0 Å². The van der Waals surface area contributed by atoms with E-state index in [2.05, 4.69) is 9.62 Å². The number of nitrogens with zero attached hydrogens (tertiary/aromatic N) is 1. The summed E-state index contributed by atoms with van der Waals surface area (Å²) in [5.74, 6) is -0.598. The van der Waals surface area contributed by atoms with Crippen molar-refractivity contribution in [1.29, 1.82) is 0 Å². The number of nitrogens with one attached hydrogen (secondary N) is 1. The van der Waals surface area contributed by atoms with Crippen LogP contribution >= 0.6 is 0 Å². The van der Waals surface area contributed by atoms with Crippen LogP contribution in [0.15, 0.2) is 24.3 Å². The first-order valence-corrected chi connectivity index (χ1v) is 9.07. The topological polar surface area (TPSA) is 49.4 Å². The number of likely N-dealkylation sites (tertiary alicyclic amines) is 1. The molecule has 1 aromatic rings. The van der Waals surface area contributed by atoms with E-state index < -0.39 is 15.8 Å². The summed E-state index contributed by atoms with van der Waals surface area (Å²) in [6.45, 7) is 4.67. The van der Waals surface area contributed by atoms with Crippen molar-refractivity contribution >= 4 is 10.0 Å². The van der Waals surface area contributed by atoms with Gasteiger partial charge in [0.25, 0.3) is 0 Å². The molecule has 1 N–H and O–H groups in total. The summed E-state index contributed by atoms with van der Waals surface area (Å²) < 4.78 is 40.0. The van der Waals surface area contributed by atoms with E-state index in [1.807, 2.05) is 6.92 Å². The summed E-state index contributed by atoms with van der Waals surface area (Å²) in [5.41, 5.74) is 0.465. The maximum absolute atomic E-state index is 13.1. The molecule has 2 rings (SSSR count). The minimum atomic E-state index is -3.44. The van der Waals surface area contributed by atoms with Crippen molar-refractivity contribution in [3.63, 3.8) is 0 Å². The number of halogens is 1. The molecule has 1 aliphatic rings. The molecule has 0 amide bonds. The number of sulfonamides is 1. The SMILES string of the molecule is C[C@H](CN1CCCCC1)NS(=O)(=O)Cc1cccc(F)c1. The third-order valence-electron chi connectivity index (χ3n) is 3.61. The van der Waals surface area contributed by atoms with Crippen molar-refractivity contribution in [2.75, 3.05) is 19.6 Å². The molecule has 0 aliphatic carbocycles. The Labute approximate surface area is 126 Å². The van der Waals surface area contributed by atoms with E-state index in [-0.39, 0.29) is 11.8 Å². The quantitative estimate of drug-likeness (QED) is 0.875. The zero-order chi connectivity index (χ0) is 15.3. The highest BCUT2D eigenvalue weighted by Crippen LogP contribution is 2.10. The van der Waals surface area contributed by atoms with Gasteiger partial charge in [0.2, 0.25) is 10.0 Å². The second kappa shape index (κ2) is 7.33. The first-order chi connectivity index (χ1) is 9.94. The fourth-order valence-electron chi connectivity index (χ4n) is 2.76. The predicted octanol–water partition coefficient (Wildman–Crippen LogP) is 2.12. The van der Waals surface area contributed by atoms with Crippen LogP contribution in [0, 0.1) is 5.82 Å². The molecule has 1 saturated heterocycles. The Morgan fingerprint density at radius 1 is 1.29 bits per heavy atom. The van der Waals surface area contributed by atoms with Crippen molar-refractivity contribution in [2.45, 2.75) is 38.0 Å². The summed E-state index contributed by atoms with van der Waals surface area (Å²) >= 11 is 0. The van der Waals surface area contributed by atoms with Crippen LogP contribution in [0.4, 0.5) is 4.39 Å². The van der Waals surface area contributed by atoms with E-state index in [0.717, 1.165) is 19.6 Å². The van der Waals surface area contributed by atoms with Gasteiger partial charge < -0.3 is 4.90 Å². The molecule has 0 radical (unpaired) electrons. The normalized spacial score (nSPS) is 18.6. The average molecular weight is 314 g/mol. The number of benzene rings is 1. The van der Waals surface area contributed by atoms with Crippen LogP contribution in [0.1, 0.15) is 31.7 Å². The minimum absolute atomic E-state index is 0.137. The van der Waals surface area contributed by atoms with Crippen molar-refractivity contribution in [1.82, 2.24) is 9.62 Å². The van der Waals surface area contributed by atoms with Gasteiger partial charge in [0, 0.05) is 12.6 Å². The maximum atomic E-state index is 13.1. The molecule has 1 fully saturated rings. The van der Waals surface area contributed by atoms with E-state index in [4.69, 9.17) is 0 Å². The van der Waals surface area contributed by atoms with Gasteiger partial charge in [-0.05, 0) is 50.6 Å². The molecule has 1 heterocycles. The number of hydrogen-bond acceptors (Lipinski definition) is 3. The monoisotopic (exact) mass is 314 g/mol. The minimum Gasteiger partial charge on any atom is -0.302 e. The Balaban J connectivity index is 1.87. The van der Waals surface area contributed by atoms with Crippen LogP contribution in [0.5, 0.6) is 0 Å². The summed E-state index contributed by atoms with van der Waals surface area (Å²) in [4.78, 5) is 2.29. The van der Waals surface area contributed by atoms with Gasteiger partial charge in [-0.25, -0.2) is 17.5 Å². The average Bonchev–Trinajstić information content (AvgIpc) is 2.38. The number of piperidine rings is 1. The van der Waals surface area contributed by atoms with Crippen LogP contribution in [0.3, 0.4) is 0 Å². The standard InChI is InChI=1S/C15H23FN2O2S/c1-13(11-18-8-3-2-4-9-18)17-21(19,20)12-14-6-5-7-15(16)10-14/h5-7,10,13,17H,2-4,8-9,11-12H2,1H3/t13-/m1/s1. The fraction of sp³-hybridized carbons (Fsp3) is 0.600. The van der Waals surface area contributed by atoms with E-state index in [9.17, 15) is 12.8 Å². The lowest BCUT2D eigenvalue weighted by Crippen LogP contribution is -2.43. The van der Waals surface area contributed by atoms with E-state index in [1.165, 1.54) is 37.5 Å². The molecule has 6 heteroatoms. The first-order valence-electron chi connectivity index (χ1n) is 7.41. The highest BCUT2D eigenvalue weighted by molar-refractivity contribution is 7.88. The van der Waals surface area contributed by atoms with Gasteiger partial charge in [0.05, 0.1) is 5.75 Å². The molecule has 1 aromatic carbocycles. The van der Waals surface area contributed by atoms with Crippen LogP contribution in [0.25, 0.3) is 0 Å². The Kier molecular flexibility index (Phi) is 5.72. The largest absolute Gasteiger partial charge is 0.302 e. The van der Waals surface area contributed by atoms with Gasteiger partial charge >= 0.3 is 0 Å². The lowest BCUT2D eigenvalue weighted by molar-refractivity contribution is 0.215. The van der Waals surface area contributed by atoms with Crippen LogP contribution < -0.4 is 4.72 Å². The number of rotatable bonds is 6. The van der Waals surface area contributed by atoms with Gasteiger partial charge in [0.15, 0.2) is 0 Å². The maximum Gasteiger partial charge on any atom is 0.216 e. The Hall–Kier alpha value is -0.980. The van der Waals surface area contributed by atoms with Gasteiger partial charge in [-0.1, -0.05) is 18.6 Å². The molecule has 1 aliphatic heterocycles. The molecular weight excluding hydrogens is 291 g/mol. The zero-order valence-corrected chi connectivity index (χ0v) is 13.2. The van der Waals surface area contributed by atoms with Crippen LogP contribution in [-0.2, 0) is 15.8 Å². The molecule has 0 saturated carbocycles. The molecule has 118 valence electrons. The summed E-state index contributed by atoms with van der Waals surface area (Å²) in [6.07, 6.45) is 3.63. The Morgan fingerprint density at radius 3 is 2.67 bits per heavy atom. The van der Waals surface area contributed by atoms with Gasteiger partial charge in [0.1, 0.15) is 5.82 Å². The molecule has 0 aromatic heterocycles. The van der Waals surface area contributed by atoms with Crippen molar-refractivity contribution in [3.8, 4) is 0 Å². The summed E-state index contributed by atoms with van der Waals surface area (Å²) in [6, 6.07) is 5.58. The van der Waals surface area contributed by atoms with Gasteiger partial charge in [-0.3, -0.25) is 0 Å². The highest BCUT2D eigenvalue weighted by atomic mass is 32.2. The third-order valence-corrected chi connectivity index (χ3v) is 5.08. The predicted molar refractivity (Wildman–Crippen MR) is 81.9 cm³/mol. The summed E-state index contributed by atoms with van der Waals surface area (Å²) in [5, 5.41) is 0. The van der Waals surface area contributed by atoms with Gasteiger partial charge in [-0.15, -0.1) is 0 Å². The second-order valence-corrected chi connectivity index (χ2v) is 7.52. The Morgan fingerprint density at radius 2 is 2.00 bits per heavy atom. The third kappa shape index (κ3) is 5.73. The fourth-order valence-corrected chi connectivity index (χ4v) is 4.15. The molecule has 0 unspecified atom stereocenters. The lowest BCUT2D eigenvalue weighted by Gasteiger charge is -2.29. The van der Waals surface area contributed by atoms with Crippen molar-refractivity contribution in [2.24, 2.45) is 0 Å². The Bertz CT molecular complexity index is 557. The molecule has 21 heavy (non-hydrogen) atoms. The van der Waals surface area contributed by atoms with Crippen molar-refractivity contribution in [3.05, 3.63) is 35.6 Å². The molecular formula is C15H23FN2O2S. The first kappa shape index (κ1) is 16.4.